The minimum atomic E-state index is -0.478. The summed E-state index contributed by atoms with van der Waals surface area (Å²) in [6.07, 6.45) is 0.963. The van der Waals surface area contributed by atoms with E-state index in [2.05, 4.69) is 12.1 Å². The van der Waals surface area contributed by atoms with E-state index in [-0.39, 0.29) is 12.0 Å². The van der Waals surface area contributed by atoms with E-state index in [0.717, 1.165) is 6.42 Å². The molecule has 1 aliphatic carbocycles. The van der Waals surface area contributed by atoms with E-state index in [4.69, 9.17) is 10.5 Å². The first-order chi connectivity index (χ1) is 8.63. The van der Waals surface area contributed by atoms with E-state index in [1.54, 1.807) is 0 Å². The summed E-state index contributed by atoms with van der Waals surface area (Å²) < 4.78 is 5.37. The fraction of sp³-hybridized carbons (Fsp3) is 0.533. The fourth-order valence-electron chi connectivity index (χ4n) is 2.92. The van der Waals surface area contributed by atoms with Crippen LogP contribution in [0.15, 0.2) is 30.3 Å². The van der Waals surface area contributed by atoms with Crippen molar-refractivity contribution in [1.29, 1.82) is 0 Å². The van der Waals surface area contributed by atoms with Crippen LogP contribution in [0, 0.1) is 11.3 Å². The summed E-state index contributed by atoms with van der Waals surface area (Å²) in [5, 5.41) is 0. The zero-order valence-corrected chi connectivity index (χ0v) is 10.6. The summed E-state index contributed by atoms with van der Waals surface area (Å²) in [4.78, 5) is 12.6. The van der Waals surface area contributed by atoms with Crippen LogP contribution in [0.25, 0.3) is 0 Å². The van der Waals surface area contributed by atoms with Gasteiger partial charge in [-0.15, -0.1) is 0 Å². The fourth-order valence-corrected chi connectivity index (χ4v) is 2.92. The van der Waals surface area contributed by atoms with Crippen molar-refractivity contribution in [3.8, 4) is 0 Å². The summed E-state index contributed by atoms with van der Waals surface area (Å²) in [5.74, 6) is 0.829. The molecule has 1 saturated heterocycles. The molecule has 18 heavy (non-hydrogen) atoms. The van der Waals surface area contributed by atoms with Crippen molar-refractivity contribution in [3.05, 3.63) is 35.9 Å². The molecule has 1 aromatic rings. The maximum atomic E-state index is 12.6. The summed E-state index contributed by atoms with van der Waals surface area (Å²) >= 11 is 0. The monoisotopic (exact) mass is 245 g/mol. The number of carbonyl (C=O) groups is 1. The van der Waals surface area contributed by atoms with Gasteiger partial charge in [0, 0.05) is 12.0 Å². The van der Waals surface area contributed by atoms with Crippen LogP contribution >= 0.6 is 0 Å². The van der Waals surface area contributed by atoms with Crippen molar-refractivity contribution >= 4 is 5.78 Å². The molecule has 2 N–H and O–H groups in total. The molecular formula is C15H19NO2. The Balaban J connectivity index is 1.73. The van der Waals surface area contributed by atoms with Gasteiger partial charge >= 0.3 is 0 Å². The summed E-state index contributed by atoms with van der Waals surface area (Å²) in [7, 11) is 0. The zero-order valence-electron chi connectivity index (χ0n) is 10.6. The van der Waals surface area contributed by atoms with Crippen LogP contribution < -0.4 is 5.73 Å². The Morgan fingerprint density at radius 2 is 2.11 bits per heavy atom. The Kier molecular flexibility index (Phi) is 2.76. The van der Waals surface area contributed by atoms with Gasteiger partial charge in [0.1, 0.15) is 5.78 Å². The van der Waals surface area contributed by atoms with Crippen molar-refractivity contribution in [2.75, 3.05) is 13.2 Å². The second-order valence-corrected chi connectivity index (χ2v) is 5.76. The molecule has 1 heterocycles. The van der Waals surface area contributed by atoms with E-state index in [9.17, 15) is 4.79 Å². The van der Waals surface area contributed by atoms with E-state index >= 15 is 0 Å². The van der Waals surface area contributed by atoms with Crippen molar-refractivity contribution in [1.82, 2.24) is 0 Å². The van der Waals surface area contributed by atoms with Gasteiger partial charge in [0.2, 0.25) is 0 Å². The lowest BCUT2D eigenvalue weighted by atomic mass is 9.79. The normalized spacial score (nSPS) is 38.7. The van der Waals surface area contributed by atoms with Gasteiger partial charge in [-0.25, -0.2) is 0 Å². The van der Waals surface area contributed by atoms with Crippen LogP contribution in [0.2, 0.25) is 0 Å². The van der Waals surface area contributed by atoms with Crippen molar-refractivity contribution in [2.24, 2.45) is 17.1 Å². The van der Waals surface area contributed by atoms with Crippen molar-refractivity contribution in [2.45, 2.75) is 25.3 Å². The molecule has 0 amide bonds. The lowest BCUT2D eigenvalue weighted by Gasteiger charge is -2.25. The molecule has 1 aromatic carbocycles. The van der Waals surface area contributed by atoms with Gasteiger partial charge < -0.3 is 10.5 Å². The first-order valence-electron chi connectivity index (χ1n) is 6.55. The molecule has 0 aromatic heterocycles. The summed E-state index contributed by atoms with van der Waals surface area (Å²) in [6.45, 7) is 2.93. The molecule has 3 rings (SSSR count). The van der Waals surface area contributed by atoms with Crippen LogP contribution in [-0.4, -0.2) is 25.0 Å². The largest absolute Gasteiger partial charge is 0.379 e. The van der Waals surface area contributed by atoms with E-state index < -0.39 is 5.41 Å². The average molecular weight is 245 g/mol. The summed E-state index contributed by atoms with van der Waals surface area (Å²) in [5.41, 5.74) is 6.81. The molecule has 2 fully saturated rings. The molecule has 2 aliphatic rings. The predicted molar refractivity (Wildman–Crippen MR) is 69.2 cm³/mol. The number of ether oxygens (including phenoxy) is 1. The second kappa shape index (κ2) is 4.18. The Bertz CT molecular complexity index is 459. The van der Waals surface area contributed by atoms with E-state index in [1.165, 1.54) is 5.56 Å². The lowest BCUT2D eigenvalue weighted by molar-refractivity contribution is -0.129. The molecule has 0 radical (unpaired) electrons. The second-order valence-electron chi connectivity index (χ2n) is 5.76. The number of benzene rings is 1. The van der Waals surface area contributed by atoms with Gasteiger partial charge in [0.25, 0.3) is 0 Å². The van der Waals surface area contributed by atoms with Gasteiger partial charge in [-0.2, -0.15) is 0 Å². The van der Waals surface area contributed by atoms with Crippen LogP contribution in [0.1, 0.15) is 24.8 Å². The molecule has 4 atom stereocenters. The Morgan fingerprint density at radius 3 is 2.72 bits per heavy atom. The van der Waals surface area contributed by atoms with Gasteiger partial charge in [0.15, 0.2) is 0 Å². The third kappa shape index (κ3) is 1.78. The van der Waals surface area contributed by atoms with Gasteiger partial charge in [0.05, 0.1) is 18.6 Å². The van der Waals surface area contributed by atoms with Crippen LogP contribution in [0.5, 0.6) is 0 Å². The summed E-state index contributed by atoms with van der Waals surface area (Å²) in [6, 6.07) is 10.1. The highest BCUT2D eigenvalue weighted by molar-refractivity contribution is 5.91. The molecule has 1 aliphatic heterocycles. The minimum Gasteiger partial charge on any atom is -0.379 e. The molecule has 0 spiro atoms. The van der Waals surface area contributed by atoms with Crippen molar-refractivity contribution < 1.29 is 9.53 Å². The van der Waals surface area contributed by atoms with Crippen LogP contribution in [0.3, 0.4) is 0 Å². The maximum absolute atomic E-state index is 12.6. The Hall–Kier alpha value is -1.19. The van der Waals surface area contributed by atoms with Crippen LogP contribution in [0.4, 0.5) is 0 Å². The van der Waals surface area contributed by atoms with Crippen molar-refractivity contribution in [3.63, 3.8) is 0 Å². The third-order valence-electron chi connectivity index (χ3n) is 4.44. The standard InChI is InChI=1S/C15H19NO2/c1-15(9-18-8-13(15)16)14(17)12-7-11(12)10-5-3-2-4-6-10/h2-6,11-13H,7-9,16H2,1H3. The molecule has 3 heteroatoms. The lowest BCUT2D eigenvalue weighted by Crippen LogP contribution is -2.45. The molecule has 1 saturated carbocycles. The zero-order chi connectivity index (χ0) is 12.8. The van der Waals surface area contributed by atoms with Gasteiger partial charge in [-0.3, -0.25) is 4.79 Å². The number of hydrogen-bond donors (Lipinski definition) is 1. The number of Topliss-reactive ketones (excluding diaryl/α,β-unsaturated/α-hetero) is 1. The minimum absolute atomic E-state index is 0.144. The highest BCUT2D eigenvalue weighted by atomic mass is 16.5. The molecule has 4 unspecified atom stereocenters. The van der Waals surface area contributed by atoms with E-state index in [1.807, 2.05) is 25.1 Å². The topological polar surface area (TPSA) is 52.3 Å². The van der Waals surface area contributed by atoms with Gasteiger partial charge in [-0.05, 0) is 24.8 Å². The first kappa shape index (κ1) is 11.9. The molecular weight excluding hydrogens is 226 g/mol. The SMILES string of the molecule is CC1(C(=O)C2CC2c2ccccc2)COCC1N. The molecule has 0 bridgehead atoms. The molecule has 3 nitrogen and oxygen atoms in total. The van der Waals surface area contributed by atoms with E-state index in [0.29, 0.717) is 24.9 Å². The predicted octanol–water partition coefficient (Wildman–Crippen LogP) is 1.72. The first-order valence-corrected chi connectivity index (χ1v) is 6.55. The number of carbonyl (C=O) groups excluding carboxylic acids is 1. The Morgan fingerprint density at radius 1 is 1.39 bits per heavy atom. The quantitative estimate of drug-likeness (QED) is 0.882. The Labute approximate surface area is 107 Å². The third-order valence-corrected chi connectivity index (χ3v) is 4.44. The number of rotatable bonds is 3. The maximum Gasteiger partial charge on any atom is 0.146 e. The van der Waals surface area contributed by atoms with Gasteiger partial charge in [-0.1, -0.05) is 30.3 Å². The molecule has 96 valence electrons. The highest BCUT2D eigenvalue weighted by Gasteiger charge is 2.54. The number of ketones is 1. The number of nitrogens with two attached hydrogens (primary N) is 1. The smallest absolute Gasteiger partial charge is 0.146 e. The highest BCUT2D eigenvalue weighted by Crippen LogP contribution is 2.51. The average Bonchev–Trinajstić information content (AvgIpc) is 3.12. The van der Waals surface area contributed by atoms with Crippen LogP contribution in [-0.2, 0) is 9.53 Å². The number of hydrogen-bond acceptors (Lipinski definition) is 3.